The molecule has 0 aromatic carbocycles. The van der Waals surface area contributed by atoms with Gasteiger partial charge in [-0.1, -0.05) is 0 Å². The number of rotatable bonds is 4. The van der Waals surface area contributed by atoms with Gasteiger partial charge in [-0.15, -0.1) is 0 Å². The van der Waals surface area contributed by atoms with E-state index in [4.69, 9.17) is 0 Å². The molecule has 4 heteroatoms. The summed E-state index contributed by atoms with van der Waals surface area (Å²) in [7, 11) is 1.76. The molecular weight excluding hydrogens is 184 g/mol. The van der Waals surface area contributed by atoms with Crippen molar-refractivity contribution < 1.29 is 4.79 Å². The number of likely N-dealkylation sites (N-methyl/N-ethyl adjacent to an activating group) is 1. The summed E-state index contributed by atoms with van der Waals surface area (Å²) >= 11 is 1.66. The quantitative estimate of drug-likeness (QED) is 0.754. The molecule has 0 bridgehead atoms. The first-order chi connectivity index (χ1) is 6.24. The van der Waals surface area contributed by atoms with E-state index in [-0.39, 0.29) is 5.91 Å². The largest absolute Gasteiger partial charge is 0.351 e. The number of thiophene rings is 1. The van der Waals surface area contributed by atoms with Gasteiger partial charge in [0.2, 0.25) is 5.91 Å². The molecule has 1 aromatic heterocycles. The summed E-state index contributed by atoms with van der Waals surface area (Å²) < 4.78 is 0. The SMILES string of the molecule is CNCC(=O)NCc1cscc1C. The van der Waals surface area contributed by atoms with E-state index < -0.39 is 0 Å². The Balaban J connectivity index is 2.35. The molecule has 1 aromatic rings. The molecule has 0 spiro atoms. The van der Waals surface area contributed by atoms with Crippen LogP contribution in [0, 0.1) is 6.92 Å². The third kappa shape index (κ3) is 3.16. The fourth-order valence-corrected chi connectivity index (χ4v) is 1.84. The number of aryl methyl sites for hydroxylation is 1. The molecule has 1 rings (SSSR count). The highest BCUT2D eigenvalue weighted by Crippen LogP contribution is 2.12. The van der Waals surface area contributed by atoms with Crippen LogP contribution in [0.25, 0.3) is 0 Å². The molecule has 72 valence electrons. The lowest BCUT2D eigenvalue weighted by Gasteiger charge is -2.03. The maximum absolute atomic E-state index is 11.1. The second-order valence-corrected chi connectivity index (χ2v) is 3.63. The fourth-order valence-electron chi connectivity index (χ4n) is 0.985. The van der Waals surface area contributed by atoms with Gasteiger partial charge in [-0.25, -0.2) is 0 Å². The van der Waals surface area contributed by atoms with Crippen molar-refractivity contribution in [1.82, 2.24) is 10.6 Å². The van der Waals surface area contributed by atoms with Crippen LogP contribution in [-0.2, 0) is 11.3 Å². The molecule has 0 aliphatic heterocycles. The molecular formula is C9H14N2OS. The summed E-state index contributed by atoms with van der Waals surface area (Å²) in [6.07, 6.45) is 0. The first-order valence-electron chi connectivity index (χ1n) is 4.17. The summed E-state index contributed by atoms with van der Waals surface area (Å²) in [4.78, 5) is 11.1. The highest BCUT2D eigenvalue weighted by Gasteiger charge is 2.01. The first-order valence-corrected chi connectivity index (χ1v) is 5.11. The van der Waals surface area contributed by atoms with Crippen LogP contribution in [0.5, 0.6) is 0 Å². The Morgan fingerprint density at radius 3 is 2.85 bits per heavy atom. The highest BCUT2D eigenvalue weighted by molar-refractivity contribution is 7.08. The van der Waals surface area contributed by atoms with Gasteiger partial charge in [-0.2, -0.15) is 11.3 Å². The van der Waals surface area contributed by atoms with Crippen molar-refractivity contribution >= 4 is 17.2 Å². The van der Waals surface area contributed by atoms with Gasteiger partial charge in [-0.05, 0) is 35.9 Å². The summed E-state index contributed by atoms with van der Waals surface area (Å²) in [5, 5.41) is 9.78. The summed E-state index contributed by atoms with van der Waals surface area (Å²) in [5.41, 5.74) is 2.45. The molecule has 0 atom stereocenters. The van der Waals surface area contributed by atoms with Crippen LogP contribution in [0.15, 0.2) is 10.8 Å². The van der Waals surface area contributed by atoms with E-state index in [0.717, 1.165) is 0 Å². The number of hydrogen-bond donors (Lipinski definition) is 2. The third-order valence-electron chi connectivity index (χ3n) is 1.77. The monoisotopic (exact) mass is 198 g/mol. The summed E-state index contributed by atoms with van der Waals surface area (Å²) in [6, 6.07) is 0. The second-order valence-electron chi connectivity index (χ2n) is 2.89. The Labute approximate surface area is 82.2 Å². The molecule has 2 N–H and O–H groups in total. The van der Waals surface area contributed by atoms with Gasteiger partial charge in [-0.3, -0.25) is 4.79 Å². The molecule has 13 heavy (non-hydrogen) atoms. The average Bonchev–Trinajstić information content (AvgIpc) is 2.48. The number of carbonyl (C=O) groups is 1. The standard InChI is InChI=1S/C9H14N2OS/c1-7-5-13-6-8(7)3-11-9(12)4-10-2/h5-6,10H,3-4H2,1-2H3,(H,11,12). The summed E-state index contributed by atoms with van der Waals surface area (Å²) in [5.74, 6) is 0.0353. The summed E-state index contributed by atoms with van der Waals surface area (Å²) in [6.45, 7) is 3.06. The van der Waals surface area contributed by atoms with Gasteiger partial charge >= 0.3 is 0 Å². The van der Waals surface area contributed by atoms with Crippen LogP contribution >= 0.6 is 11.3 Å². The van der Waals surface area contributed by atoms with Crippen molar-refractivity contribution in [2.24, 2.45) is 0 Å². The lowest BCUT2D eigenvalue weighted by Crippen LogP contribution is -2.31. The van der Waals surface area contributed by atoms with Gasteiger partial charge < -0.3 is 10.6 Å². The van der Waals surface area contributed by atoms with Crippen LogP contribution in [0.2, 0.25) is 0 Å². The van der Waals surface area contributed by atoms with Gasteiger partial charge in [0.1, 0.15) is 0 Å². The van der Waals surface area contributed by atoms with Crippen LogP contribution in [0.3, 0.4) is 0 Å². The Hall–Kier alpha value is -0.870. The minimum atomic E-state index is 0.0353. The predicted molar refractivity (Wildman–Crippen MR) is 54.8 cm³/mol. The van der Waals surface area contributed by atoms with E-state index in [2.05, 4.69) is 28.3 Å². The molecule has 0 aliphatic carbocycles. The molecule has 0 saturated carbocycles. The van der Waals surface area contributed by atoms with E-state index in [1.54, 1.807) is 18.4 Å². The molecule has 0 radical (unpaired) electrons. The molecule has 0 saturated heterocycles. The van der Waals surface area contributed by atoms with E-state index in [1.807, 2.05) is 0 Å². The lowest BCUT2D eigenvalue weighted by atomic mass is 10.2. The van der Waals surface area contributed by atoms with Gasteiger partial charge in [0, 0.05) is 6.54 Å². The van der Waals surface area contributed by atoms with Crippen molar-refractivity contribution in [3.8, 4) is 0 Å². The Bertz CT molecular complexity index is 283. The minimum absolute atomic E-state index is 0.0353. The van der Waals surface area contributed by atoms with E-state index >= 15 is 0 Å². The van der Waals surface area contributed by atoms with Crippen LogP contribution in [0.4, 0.5) is 0 Å². The van der Waals surface area contributed by atoms with Crippen molar-refractivity contribution in [2.75, 3.05) is 13.6 Å². The van der Waals surface area contributed by atoms with Gasteiger partial charge in [0.25, 0.3) is 0 Å². The topological polar surface area (TPSA) is 41.1 Å². The van der Waals surface area contributed by atoms with E-state index in [0.29, 0.717) is 13.1 Å². The number of carbonyl (C=O) groups excluding carboxylic acids is 1. The second kappa shape index (κ2) is 4.99. The first kappa shape index (κ1) is 10.2. The van der Waals surface area contributed by atoms with Crippen molar-refractivity contribution in [3.05, 3.63) is 21.9 Å². The van der Waals surface area contributed by atoms with Gasteiger partial charge in [0.05, 0.1) is 6.54 Å². The molecule has 0 aliphatic rings. The Morgan fingerprint density at radius 1 is 1.54 bits per heavy atom. The molecule has 1 amide bonds. The Kier molecular flexibility index (Phi) is 3.92. The van der Waals surface area contributed by atoms with E-state index in [9.17, 15) is 4.79 Å². The minimum Gasteiger partial charge on any atom is -0.351 e. The average molecular weight is 198 g/mol. The van der Waals surface area contributed by atoms with Crippen molar-refractivity contribution in [1.29, 1.82) is 0 Å². The molecule has 1 heterocycles. The number of amides is 1. The lowest BCUT2D eigenvalue weighted by molar-refractivity contribution is -0.120. The zero-order valence-electron chi connectivity index (χ0n) is 7.89. The van der Waals surface area contributed by atoms with Crippen LogP contribution < -0.4 is 10.6 Å². The molecule has 0 fully saturated rings. The number of nitrogens with one attached hydrogen (secondary N) is 2. The smallest absolute Gasteiger partial charge is 0.234 e. The van der Waals surface area contributed by atoms with Crippen LogP contribution in [0.1, 0.15) is 11.1 Å². The Morgan fingerprint density at radius 2 is 2.31 bits per heavy atom. The predicted octanol–water partition coefficient (Wildman–Crippen LogP) is 0.892. The van der Waals surface area contributed by atoms with Crippen LogP contribution in [-0.4, -0.2) is 19.5 Å². The third-order valence-corrected chi connectivity index (χ3v) is 2.69. The highest BCUT2D eigenvalue weighted by atomic mass is 32.1. The molecule has 0 unspecified atom stereocenters. The maximum atomic E-state index is 11.1. The number of hydrogen-bond acceptors (Lipinski definition) is 3. The fraction of sp³-hybridized carbons (Fsp3) is 0.444. The van der Waals surface area contributed by atoms with E-state index in [1.165, 1.54) is 11.1 Å². The van der Waals surface area contributed by atoms with Gasteiger partial charge in [0.15, 0.2) is 0 Å². The van der Waals surface area contributed by atoms with Crippen molar-refractivity contribution in [3.63, 3.8) is 0 Å². The zero-order valence-corrected chi connectivity index (χ0v) is 8.70. The molecule has 3 nitrogen and oxygen atoms in total. The normalized spacial score (nSPS) is 10.0. The zero-order chi connectivity index (χ0) is 9.68. The maximum Gasteiger partial charge on any atom is 0.234 e. The van der Waals surface area contributed by atoms with Crippen molar-refractivity contribution in [2.45, 2.75) is 13.5 Å².